The summed E-state index contributed by atoms with van der Waals surface area (Å²) in [6.07, 6.45) is 1.99. The van der Waals surface area contributed by atoms with Gasteiger partial charge in [-0.3, -0.25) is 10.1 Å². The maximum absolute atomic E-state index is 14.7. The first-order valence-electron chi connectivity index (χ1n) is 20.7. The molecule has 0 radical (unpaired) electrons. The van der Waals surface area contributed by atoms with Crippen molar-refractivity contribution in [3.63, 3.8) is 0 Å². The molecule has 0 unspecified atom stereocenters. The molecule has 8 rings (SSSR count). The molecule has 1 aromatic heterocycles. The van der Waals surface area contributed by atoms with E-state index in [9.17, 15) is 19.7 Å². The maximum Gasteiger partial charge on any atom is 0.363 e. The molecule has 1 aliphatic rings. The van der Waals surface area contributed by atoms with Gasteiger partial charge in [0.2, 0.25) is 11.3 Å². The molecule has 0 saturated heterocycles. The Bertz CT molecular complexity index is 2500. The minimum atomic E-state index is -1.51. The number of ether oxygens (including phenoxy) is 2. The summed E-state index contributed by atoms with van der Waals surface area (Å²) in [6, 6.07) is 54.9. The average Bonchev–Trinajstić information content (AvgIpc) is 3.81. The molecule has 0 bridgehead atoms. The number of nitrogens with one attached hydrogen (secondary N) is 1. The van der Waals surface area contributed by atoms with Crippen LogP contribution in [0.1, 0.15) is 77.3 Å². The number of anilines is 1. The third-order valence-corrected chi connectivity index (χ3v) is 11.9. The summed E-state index contributed by atoms with van der Waals surface area (Å²) in [6.45, 7) is -0.135. The van der Waals surface area contributed by atoms with Gasteiger partial charge >= 0.3 is 11.9 Å². The van der Waals surface area contributed by atoms with Gasteiger partial charge in [-0.1, -0.05) is 163 Å². The molecular weight excluding hydrogens is 813 g/mol. The predicted octanol–water partition coefficient (Wildman–Crippen LogP) is 11.0. The van der Waals surface area contributed by atoms with Crippen LogP contribution in [0, 0.1) is 10.1 Å². The van der Waals surface area contributed by atoms with Crippen LogP contribution in [0.4, 0.5) is 10.8 Å². The number of benzene rings is 6. The van der Waals surface area contributed by atoms with Gasteiger partial charge in [-0.25, -0.2) is 14.6 Å². The van der Waals surface area contributed by atoms with Gasteiger partial charge in [-0.15, -0.1) is 11.3 Å². The number of esters is 2. The number of carbonyl (C=O) groups excluding carboxylic acids is 2. The quantitative estimate of drug-likeness (QED) is 0.0330. The van der Waals surface area contributed by atoms with Crippen LogP contribution < -0.4 is 5.32 Å². The molecule has 1 fully saturated rings. The number of non-ortho nitro benzene ring substituents is 1. The van der Waals surface area contributed by atoms with Gasteiger partial charge in [0, 0.05) is 30.4 Å². The van der Waals surface area contributed by atoms with Crippen LogP contribution in [-0.2, 0) is 36.0 Å². The van der Waals surface area contributed by atoms with Gasteiger partial charge in [0.05, 0.1) is 4.92 Å². The van der Waals surface area contributed by atoms with Crippen molar-refractivity contribution >= 4 is 39.8 Å². The van der Waals surface area contributed by atoms with E-state index >= 15 is 0 Å². The first-order valence-corrected chi connectivity index (χ1v) is 21.6. The number of carbonyl (C=O) groups is 2. The molecule has 0 spiro atoms. The summed E-state index contributed by atoms with van der Waals surface area (Å²) >= 11 is 1.29. The van der Waals surface area contributed by atoms with Crippen LogP contribution in [0.3, 0.4) is 0 Å². The van der Waals surface area contributed by atoms with E-state index in [1.807, 2.05) is 115 Å². The Labute approximate surface area is 369 Å². The SMILES string of the molecule is O=C(OC(c1ccccc1)c1ccccc1)/C(=N/OC1(C(=O)OCc2ccc([N+](=O)[O-])cc2)CCCCC1)c1csc(NC(c2ccccc2)(c2ccccc2)c2ccccc2)n1. The molecule has 0 atom stereocenters. The number of oxime groups is 1. The monoisotopic (exact) mass is 856 g/mol. The topological polar surface area (TPSA) is 142 Å². The Morgan fingerprint density at radius 1 is 0.714 bits per heavy atom. The Hall–Kier alpha value is -7.44. The lowest BCUT2D eigenvalue weighted by atomic mass is 9.77. The van der Waals surface area contributed by atoms with Crippen LogP contribution >= 0.6 is 11.3 Å². The van der Waals surface area contributed by atoms with Crippen molar-refractivity contribution in [1.82, 2.24) is 4.98 Å². The van der Waals surface area contributed by atoms with Crippen molar-refractivity contribution in [3.8, 4) is 0 Å². The highest BCUT2D eigenvalue weighted by Crippen LogP contribution is 2.41. The highest BCUT2D eigenvalue weighted by molar-refractivity contribution is 7.14. The van der Waals surface area contributed by atoms with E-state index < -0.39 is 34.1 Å². The third-order valence-electron chi connectivity index (χ3n) is 11.1. The van der Waals surface area contributed by atoms with Crippen molar-refractivity contribution in [3.05, 3.63) is 230 Å². The Balaban J connectivity index is 1.18. The standard InChI is InChI=1S/C51H44N4O7S/c56-47(61-46(38-19-7-1-8-20-38)39-21-9-2-10-22-39)45(54-62-50(33-17-6-18-34-50)48(57)60-35-37-29-31-43(32-30-37)55(58)59)44-36-63-49(52-44)53-51(40-23-11-3-12-24-40,41-25-13-4-14-26-41)42-27-15-5-16-28-42/h1-5,7-16,19-32,36,46H,6,17-18,33-35H2,(H,52,53)/b54-45+. The molecule has 1 aliphatic carbocycles. The molecule has 0 aliphatic heterocycles. The minimum Gasteiger partial charge on any atom is -0.458 e. The number of nitro groups is 1. The van der Waals surface area contributed by atoms with Gasteiger partial charge in [0.15, 0.2) is 11.2 Å². The molecule has 0 amide bonds. The second-order valence-corrected chi connectivity index (χ2v) is 16.1. The van der Waals surface area contributed by atoms with Gasteiger partial charge in [0.1, 0.15) is 17.8 Å². The fourth-order valence-corrected chi connectivity index (χ4v) is 8.65. The molecule has 6 aromatic carbocycles. The average molecular weight is 857 g/mol. The van der Waals surface area contributed by atoms with E-state index in [-0.39, 0.29) is 23.7 Å². The van der Waals surface area contributed by atoms with Crippen LogP contribution in [0.25, 0.3) is 0 Å². The van der Waals surface area contributed by atoms with E-state index in [1.54, 1.807) is 5.38 Å². The maximum atomic E-state index is 14.7. The molecule has 12 heteroatoms. The lowest BCUT2D eigenvalue weighted by Crippen LogP contribution is -2.44. The van der Waals surface area contributed by atoms with Crippen molar-refractivity contribution < 1.29 is 28.8 Å². The van der Waals surface area contributed by atoms with E-state index in [4.69, 9.17) is 19.3 Å². The van der Waals surface area contributed by atoms with Crippen LogP contribution in [-0.4, -0.2) is 33.2 Å². The van der Waals surface area contributed by atoms with E-state index in [2.05, 4.69) is 46.9 Å². The lowest BCUT2D eigenvalue weighted by molar-refractivity contribution is -0.384. The lowest BCUT2D eigenvalue weighted by Gasteiger charge is -2.36. The zero-order valence-electron chi connectivity index (χ0n) is 34.2. The summed E-state index contributed by atoms with van der Waals surface area (Å²) in [5.41, 5.74) is 2.43. The van der Waals surface area contributed by atoms with Gasteiger partial charge < -0.3 is 19.6 Å². The molecule has 316 valence electrons. The van der Waals surface area contributed by atoms with Crippen molar-refractivity contribution in [2.24, 2.45) is 5.16 Å². The summed E-state index contributed by atoms with van der Waals surface area (Å²) < 4.78 is 12.1. The van der Waals surface area contributed by atoms with Crippen molar-refractivity contribution in [2.75, 3.05) is 5.32 Å². The highest BCUT2D eigenvalue weighted by atomic mass is 32.1. The number of nitro benzene ring substituents is 1. The Kier molecular flexibility index (Phi) is 13.1. The zero-order valence-corrected chi connectivity index (χ0v) is 35.1. The second kappa shape index (κ2) is 19.5. The van der Waals surface area contributed by atoms with E-state index in [1.165, 1.54) is 35.6 Å². The normalized spacial score (nSPS) is 13.8. The van der Waals surface area contributed by atoms with E-state index in [0.29, 0.717) is 36.4 Å². The number of hydrogen-bond acceptors (Lipinski definition) is 11. The smallest absolute Gasteiger partial charge is 0.363 e. The number of rotatable bonds is 16. The van der Waals surface area contributed by atoms with Gasteiger partial charge in [-0.05, 0) is 58.4 Å². The highest BCUT2D eigenvalue weighted by Gasteiger charge is 2.45. The molecular formula is C51H44N4O7S. The zero-order chi connectivity index (χ0) is 43.5. The summed E-state index contributed by atoms with van der Waals surface area (Å²) in [5.74, 6) is -1.46. The number of nitrogens with zero attached hydrogens (tertiary/aromatic N) is 3. The molecule has 1 heterocycles. The van der Waals surface area contributed by atoms with Crippen molar-refractivity contribution in [1.29, 1.82) is 0 Å². The number of aromatic nitrogens is 1. The first kappa shape index (κ1) is 42.3. The summed E-state index contributed by atoms with van der Waals surface area (Å²) in [7, 11) is 0. The molecule has 11 nitrogen and oxygen atoms in total. The largest absolute Gasteiger partial charge is 0.458 e. The Morgan fingerprint density at radius 3 is 1.70 bits per heavy atom. The van der Waals surface area contributed by atoms with E-state index in [0.717, 1.165) is 34.2 Å². The van der Waals surface area contributed by atoms with Crippen LogP contribution in [0.2, 0.25) is 0 Å². The van der Waals surface area contributed by atoms with Crippen molar-refractivity contribution in [2.45, 2.75) is 56.0 Å². The fourth-order valence-electron chi connectivity index (χ4n) is 7.90. The molecule has 63 heavy (non-hydrogen) atoms. The van der Waals surface area contributed by atoms with Crippen LogP contribution in [0.15, 0.2) is 186 Å². The van der Waals surface area contributed by atoms with Gasteiger partial charge in [-0.2, -0.15) is 0 Å². The number of thiazole rings is 1. The number of hydrogen-bond donors (Lipinski definition) is 1. The second-order valence-electron chi connectivity index (χ2n) is 15.2. The predicted molar refractivity (Wildman–Crippen MR) is 242 cm³/mol. The molecule has 1 saturated carbocycles. The molecule has 7 aromatic rings. The fraction of sp³-hybridized carbons (Fsp3) is 0.176. The third kappa shape index (κ3) is 9.56. The molecule has 1 N–H and O–H groups in total. The summed E-state index contributed by atoms with van der Waals surface area (Å²) in [4.78, 5) is 50.8. The first-order chi connectivity index (χ1) is 30.8. The Morgan fingerprint density at radius 2 is 1.21 bits per heavy atom. The van der Waals surface area contributed by atoms with Crippen LogP contribution in [0.5, 0.6) is 0 Å². The summed E-state index contributed by atoms with van der Waals surface area (Å²) in [5, 5.41) is 21.7. The van der Waals surface area contributed by atoms with Gasteiger partial charge in [0.25, 0.3) is 5.69 Å². The minimum absolute atomic E-state index is 0.0704.